The van der Waals surface area contributed by atoms with Crippen LogP contribution in [0.15, 0.2) is 42.5 Å². The summed E-state index contributed by atoms with van der Waals surface area (Å²) < 4.78 is 16.5. The molecule has 2 amide bonds. The summed E-state index contributed by atoms with van der Waals surface area (Å²) in [4.78, 5) is 27.4. The largest absolute Gasteiger partial charge is 0.497 e. The highest BCUT2D eigenvalue weighted by Gasteiger charge is 2.31. The van der Waals surface area contributed by atoms with Gasteiger partial charge in [0, 0.05) is 24.7 Å². The van der Waals surface area contributed by atoms with Crippen LogP contribution in [0.4, 0.5) is 5.69 Å². The van der Waals surface area contributed by atoms with Gasteiger partial charge in [-0.05, 0) is 61.7 Å². The lowest BCUT2D eigenvalue weighted by Gasteiger charge is -2.37. The standard InChI is InChI=1S/C23H26N2O5/c1-28-18-6-8-19(9-7-18)30-15-22(26)24-16-5-10-21-20(14-16)23(27)25-12-3-2-4-17(25)11-13-29-21/h5-10,14,17H,2-4,11-13,15H2,1H3,(H,24,26). The Hall–Kier alpha value is -3.22. The number of hydrogen-bond acceptors (Lipinski definition) is 5. The van der Waals surface area contributed by atoms with Gasteiger partial charge < -0.3 is 24.4 Å². The minimum atomic E-state index is -0.305. The molecule has 7 heteroatoms. The molecule has 2 heterocycles. The van der Waals surface area contributed by atoms with Crippen LogP contribution in [-0.2, 0) is 4.79 Å². The first-order valence-corrected chi connectivity index (χ1v) is 10.3. The van der Waals surface area contributed by atoms with Gasteiger partial charge >= 0.3 is 0 Å². The van der Waals surface area contributed by atoms with Crippen LogP contribution in [0.1, 0.15) is 36.0 Å². The lowest BCUT2D eigenvalue weighted by atomic mass is 9.97. The Morgan fingerprint density at radius 3 is 2.73 bits per heavy atom. The molecule has 0 saturated carbocycles. The number of fused-ring (bicyclic) bond motifs is 2. The lowest BCUT2D eigenvalue weighted by Crippen LogP contribution is -2.45. The number of benzene rings is 2. The zero-order valence-corrected chi connectivity index (χ0v) is 17.1. The van der Waals surface area contributed by atoms with Crippen LogP contribution in [0.25, 0.3) is 0 Å². The van der Waals surface area contributed by atoms with Crippen LogP contribution >= 0.6 is 0 Å². The Morgan fingerprint density at radius 2 is 1.93 bits per heavy atom. The van der Waals surface area contributed by atoms with E-state index in [-0.39, 0.29) is 24.5 Å². The second-order valence-corrected chi connectivity index (χ2v) is 7.51. The summed E-state index contributed by atoms with van der Waals surface area (Å²) in [6, 6.07) is 12.4. The van der Waals surface area contributed by atoms with E-state index in [0.29, 0.717) is 29.4 Å². The van der Waals surface area contributed by atoms with Crippen molar-refractivity contribution in [2.24, 2.45) is 0 Å². The summed E-state index contributed by atoms with van der Waals surface area (Å²) in [7, 11) is 1.59. The molecule has 0 aliphatic carbocycles. The van der Waals surface area contributed by atoms with Crippen LogP contribution in [-0.4, -0.2) is 49.6 Å². The quantitative estimate of drug-likeness (QED) is 0.817. The highest BCUT2D eigenvalue weighted by molar-refractivity contribution is 6.00. The Kier molecular flexibility index (Phi) is 6.07. The number of rotatable bonds is 5. The van der Waals surface area contributed by atoms with Gasteiger partial charge in [0.2, 0.25) is 0 Å². The SMILES string of the molecule is COc1ccc(OCC(=O)Nc2ccc3c(c2)C(=O)N2CCCCC2CCO3)cc1. The van der Waals surface area contributed by atoms with Crippen LogP contribution in [0, 0.1) is 0 Å². The van der Waals surface area contributed by atoms with Gasteiger partial charge in [-0.3, -0.25) is 9.59 Å². The van der Waals surface area contributed by atoms with E-state index in [1.165, 1.54) is 0 Å². The van der Waals surface area contributed by atoms with Crippen molar-refractivity contribution in [1.82, 2.24) is 4.90 Å². The van der Waals surface area contributed by atoms with Crippen molar-refractivity contribution in [3.63, 3.8) is 0 Å². The molecule has 30 heavy (non-hydrogen) atoms. The minimum absolute atomic E-state index is 0.0278. The van der Waals surface area contributed by atoms with Gasteiger partial charge in [0.1, 0.15) is 17.2 Å². The maximum atomic E-state index is 13.1. The molecule has 7 nitrogen and oxygen atoms in total. The molecule has 1 fully saturated rings. The van der Waals surface area contributed by atoms with Gasteiger partial charge in [-0.25, -0.2) is 0 Å². The number of anilines is 1. The van der Waals surface area contributed by atoms with Gasteiger partial charge in [0.25, 0.3) is 11.8 Å². The smallest absolute Gasteiger partial charge is 0.262 e. The van der Waals surface area contributed by atoms with Gasteiger partial charge in [0.15, 0.2) is 6.61 Å². The maximum absolute atomic E-state index is 13.1. The average Bonchev–Trinajstić information content (AvgIpc) is 2.78. The van der Waals surface area contributed by atoms with Crippen LogP contribution in [0.2, 0.25) is 0 Å². The fourth-order valence-corrected chi connectivity index (χ4v) is 3.95. The van der Waals surface area contributed by atoms with Crippen molar-refractivity contribution in [2.45, 2.75) is 31.7 Å². The van der Waals surface area contributed by atoms with Crippen LogP contribution < -0.4 is 19.5 Å². The molecular formula is C23H26N2O5. The highest BCUT2D eigenvalue weighted by Crippen LogP contribution is 2.31. The first-order valence-electron chi connectivity index (χ1n) is 10.3. The monoisotopic (exact) mass is 410 g/mol. The number of ether oxygens (including phenoxy) is 3. The Balaban J connectivity index is 1.42. The van der Waals surface area contributed by atoms with Gasteiger partial charge in [-0.2, -0.15) is 0 Å². The molecule has 2 aliphatic heterocycles. The van der Waals surface area contributed by atoms with E-state index in [0.717, 1.165) is 38.0 Å². The van der Waals surface area contributed by atoms with E-state index >= 15 is 0 Å². The normalized spacial score (nSPS) is 18.2. The van der Waals surface area contributed by atoms with Gasteiger partial charge in [-0.1, -0.05) is 0 Å². The molecule has 0 bridgehead atoms. The summed E-state index contributed by atoms with van der Waals surface area (Å²) in [5.41, 5.74) is 1.04. The molecule has 1 atom stereocenters. The molecule has 0 radical (unpaired) electrons. The number of piperidine rings is 1. The van der Waals surface area contributed by atoms with E-state index in [1.54, 1.807) is 49.6 Å². The number of methoxy groups -OCH3 is 1. The second kappa shape index (κ2) is 9.07. The van der Waals surface area contributed by atoms with E-state index in [2.05, 4.69) is 5.32 Å². The maximum Gasteiger partial charge on any atom is 0.262 e. The molecule has 1 N–H and O–H groups in total. The van der Waals surface area contributed by atoms with E-state index in [1.807, 2.05) is 4.90 Å². The zero-order chi connectivity index (χ0) is 20.9. The van der Waals surface area contributed by atoms with Crippen LogP contribution in [0.5, 0.6) is 17.2 Å². The van der Waals surface area contributed by atoms with Crippen molar-refractivity contribution in [1.29, 1.82) is 0 Å². The molecule has 0 spiro atoms. The van der Waals surface area contributed by atoms with Crippen molar-refractivity contribution in [3.8, 4) is 17.2 Å². The number of nitrogens with one attached hydrogen (secondary N) is 1. The predicted molar refractivity (Wildman–Crippen MR) is 112 cm³/mol. The van der Waals surface area contributed by atoms with Crippen molar-refractivity contribution >= 4 is 17.5 Å². The van der Waals surface area contributed by atoms with Crippen molar-refractivity contribution in [3.05, 3.63) is 48.0 Å². The number of carbonyl (C=O) groups is 2. The first-order chi connectivity index (χ1) is 14.6. The average molecular weight is 410 g/mol. The first kappa shape index (κ1) is 20.1. The minimum Gasteiger partial charge on any atom is -0.497 e. The van der Waals surface area contributed by atoms with E-state index in [4.69, 9.17) is 14.2 Å². The summed E-state index contributed by atoms with van der Waals surface area (Å²) in [5, 5.41) is 2.80. The number of nitrogens with zero attached hydrogens (tertiary/aromatic N) is 1. The predicted octanol–water partition coefficient (Wildman–Crippen LogP) is 3.49. The molecule has 0 aromatic heterocycles. The lowest BCUT2D eigenvalue weighted by molar-refractivity contribution is -0.118. The van der Waals surface area contributed by atoms with Crippen molar-refractivity contribution in [2.75, 3.05) is 32.2 Å². The molecule has 1 unspecified atom stereocenters. The van der Waals surface area contributed by atoms with E-state index in [9.17, 15) is 9.59 Å². The zero-order valence-electron chi connectivity index (χ0n) is 17.1. The fraction of sp³-hybridized carbons (Fsp3) is 0.391. The summed E-state index contributed by atoms with van der Waals surface area (Å²) in [6.45, 7) is 1.22. The van der Waals surface area contributed by atoms with E-state index < -0.39 is 0 Å². The Morgan fingerprint density at radius 1 is 1.13 bits per heavy atom. The summed E-state index contributed by atoms with van der Waals surface area (Å²) in [6.07, 6.45) is 4.04. The third-order valence-corrected chi connectivity index (χ3v) is 5.52. The third kappa shape index (κ3) is 4.50. The number of carbonyl (C=O) groups excluding carboxylic acids is 2. The Bertz CT molecular complexity index is 912. The molecule has 2 aromatic rings. The van der Waals surface area contributed by atoms with Gasteiger partial charge in [0.05, 0.1) is 19.3 Å². The molecule has 1 saturated heterocycles. The molecule has 158 valence electrons. The number of hydrogen-bond donors (Lipinski definition) is 1. The summed E-state index contributed by atoms with van der Waals surface area (Å²) >= 11 is 0. The fourth-order valence-electron chi connectivity index (χ4n) is 3.95. The topological polar surface area (TPSA) is 77.1 Å². The number of amides is 2. The molecule has 2 aliphatic rings. The highest BCUT2D eigenvalue weighted by atomic mass is 16.5. The molecule has 4 rings (SSSR count). The van der Waals surface area contributed by atoms with Gasteiger partial charge in [-0.15, -0.1) is 0 Å². The Labute approximate surface area is 175 Å². The van der Waals surface area contributed by atoms with Crippen molar-refractivity contribution < 1.29 is 23.8 Å². The molecular weight excluding hydrogens is 384 g/mol. The second-order valence-electron chi connectivity index (χ2n) is 7.51. The third-order valence-electron chi connectivity index (χ3n) is 5.52. The molecule has 2 aromatic carbocycles. The van der Waals surface area contributed by atoms with Crippen LogP contribution in [0.3, 0.4) is 0 Å². The summed E-state index contributed by atoms with van der Waals surface area (Å²) in [5.74, 6) is 1.52.